The van der Waals surface area contributed by atoms with Gasteiger partial charge in [-0.1, -0.05) is 19.0 Å². The molecule has 0 saturated carbocycles. The number of nitrogens with one attached hydrogen (secondary N) is 1. The van der Waals surface area contributed by atoms with Gasteiger partial charge in [0.1, 0.15) is 6.26 Å². The average Bonchev–Trinajstić information content (AvgIpc) is 3.24. The van der Waals surface area contributed by atoms with Gasteiger partial charge in [0.25, 0.3) is 5.91 Å². The highest BCUT2D eigenvalue weighted by Crippen LogP contribution is 2.31. The number of amides is 1. The maximum atomic E-state index is 11.9. The molecule has 2 atom stereocenters. The molecule has 2 aromatic rings. The van der Waals surface area contributed by atoms with Crippen molar-refractivity contribution in [3.8, 4) is 0 Å². The van der Waals surface area contributed by atoms with E-state index in [1.807, 2.05) is 11.3 Å². The first-order valence-electron chi connectivity index (χ1n) is 8.15. The van der Waals surface area contributed by atoms with Crippen LogP contribution in [-0.2, 0) is 6.42 Å². The van der Waals surface area contributed by atoms with Crippen molar-refractivity contribution in [2.24, 2.45) is 5.73 Å². The summed E-state index contributed by atoms with van der Waals surface area (Å²) >= 11 is 1.86. The van der Waals surface area contributed by atoms with E-state index in [-0.39, 0.29) is 11.9 Å². The zero-order chi connectivity index (χ0) is 16.7. The largest absolute Gasteiger partial charge is 0.364 e. The minimum atomic E-state index is -0.148. The van der Waals surface area contributed by atoms with Gasteiger partial charge in [-0.05, 0) is 43.7 Å². The number of carbonyl (C=O) groups excluding carboxylic acids is 1. The molecule has 0 aromatic carbocycles. The second kappa shape index (κ2) is 8.84. The second-order valence-corrected chi connectivity index (χ2v) is 6.92. The molecule has 0 aliphatic heterocycles. The predicted octanol–water partition coefficient (Wildman–Crippen LogP) is 3.33. The summed E-state index contributed by atoms with van der Waals surface area (Å²) in [6.45, 7) is 4.90. The quantitative estimate of drug-likeness (QED) is 0.736. The third kappa shape index (κ3) is 5.18. The number of nitrogens with zero attached hydrogens (tertiary/aromatic N) is 1. The summed E-state index contributed by atoms with van der Waals surface area (Å²) in [7, 11) is 0. The first kappa shape index (κ1) is 17.7. The molecule has 0 aliphatic carbocycles. The summed E-state index contributed by atoms with van der Waals surface area (Å²) in [5.41, 5.74) is 6.61. The van der Waals surface area contributed by atoms with Crippen LogP contribution in [0.15, 0.2) is 29.1 Å². The molecule has 0 fully saturated rings. The Labute approximate surface area is 141 Å². The van der Waals surface area contributed by atoms with Crippen molar-refractivity contribution in [2.75, 3.05) is 6.54 Å². The lowest BCUT2D eigenvalue weighted by Gasteiger charge is -2.19. The van der Waals surface area contributed by atoms with E-state index in [1.165, 1.54) is 22.2 Å². The molecule has 2 aromatic heterocycles. The van der Waals surface area contributed by atoms with Crippen LogP contribution in [0, 0.1) is 0 Å². The molecular formula is C17H25N3O2S. The lowest BCUT2D eigenvalue weighted by atomic mass is 9.94. The molecule has 126 valence electrons. The molecule has 0 spiro atoms. The van der Waals surface area contributed by atoms with Gasteiger partial charge in [0.2, 0.25) is 0 Å². The topological polar surface area (TPSA) is 81.2 Å². The van der Waals surface area contributed by atoms with E-state index >= 15 is 0 Å². The van der Waals surface area contributed by atoms with E-state index in [0.717, 1.165) is 25.7 Å². The fourth-order valence-corrected chi connectivity index (χ4v) is 3.59. The van der Waals surface area contributed by atoms with Crippen LogP contribution in [0.25, 0.3) is 0 Å². The van der Waals surface area contributed by atoms with Crippen molar-refractivity contribution in [3.63, 3.8) is 0 Å². The van der Waals surface area contributed by atoms with Crippen LogP contribution in [0.2, 0.25) is 0 Å². The summed E-state index contributed by atoms with van der Waals surface area (Å²) in [6.07, 6.45) is 6.63. The van der Waals surface area contributed by atoms with Gasteiger partial charge in [0.05, 0.1) is 11.8 Å². The van der Waals surface area contributed by atoms with Crippen molar-refractivity contribution >= 4 is 17.2 Å². The van der Waals surface area contributed by atoms with Gasteiger partial charge in [-0.15, -0.1) is 11.3 Å². The van der Waals surface area contributed by atoms with E-state index in [1.54, 1.807) is 0 Å². The van der Waals surface area contributed by atoms with Crippen LogP contribution < -0.4 is 11.1 Å². The van der Waals surface area contributed by atoms with Gasteiger partial charge in [-0.25, -0.2) is 0 Å². The normalized spacial score (nSPS) is 13.7. The molecule has 2 heterocycles. The molecule has 3 N–H and O–H groups in total. The number of aryl methyl sites for hydroxylation is 1. The summed E-state index contributed by atoms with van der Waals surface area (Å²) < 4.78 is 4.69. The zero-order valence-corrected chi connectivity index (χ0v) is 14.6. The molecular weight excluding hydrogens is 310 g/mol. The number of hydrogen-bond acceptors (Lipinski definition) is 5. The Hall–Kier alpha value is -1.66. The number of thiophene rings is 1. The Morgan fingerprint density at radius 3 is 2.87 bits per heavy atom. The summed E-state index contributed by atoms with van der Waals surface area (Å²) in [6, 6.07) is 4.60. The number of aromatic nitrogens is 1. The summed E-state index contributed by atoms with van der Waals surface area (Å²) in [4.78, 5) is 14.7. The predicted molar refractivity (Wildman–Crippen MR) is 92.8 cm³/mol. The molecule has 2 unspecified atom stereocenters. The number of rotatable bonds is 9. The Bertz CT molecular complexity index is 595. The zero-order valence-electron chi connectivity index (χ0n) is 13.7. The monoisotopic (exact) mass is 335 g/mol. The summed E-state index contributed by atoms with van der Waals surface area (Å²) in [5, 5.41) is 6.47. The van der Waals surface area contributed by atoms with Crippen LogP contribution in [0.4, 0.5) is 0 Å². The van der Waals surface area contributed by atoms with E-state index in [4.69, 9.17) is 5.73 Å². The molecule has 23 heavy (non-hydrogen) atoms. The fraction of sp³-hybridized carbons (Fsp3) is 0.529. The van der Waals surface area contributed by atoms with Crippen molar-refractivity contribution < 1.29 is 9.32 Å². The molecule has 5 nitrogen and oxygen atoms in total. The maximum Gasteiger partial charge on any atom is 0.256 e. The van der Waals surface area contributed by atoms with Gasteiger partial charge in [0, 0.05) is 22.3 Å². The van der Waals surface area contributed by atoms with Gasteiger partial charge < -0.3 is 15.6 Å². The van der Waals surface area contributed by atoms with Gasteiger partial charge in [0.15, 0.2) is 0 Å². The van der Waals surface area contributed by atoms with Crippen LogP contribution in [0.3, 0.4) is 0 Å². The number of carbonyl (C=O) groups is 1. The molecule has 0 aliphatic rings. The van der Waals surface area contributed by atoms with E-state index < -0.39 is 0 Å². The van der Waals surface area contributed by atoms with Crippen molar-refractivity contribution in [1.82, 2.24) is 10.5 Å². The molecule has 0 saturated heterocycles. The van der Waals surface area contributed by atoms with Crippen LogP contribution in [-0.4, -0.2) is 23.7 Å². The van der Waals surface area contributed by atoms with Crippen LogP contribution >= 0.6 is 11.3 Å². The molecule has 2 rings (SSSR count). The highest BCUT2D eigenvalue weighted by Gasteiger charge is 2.17. The highest BCUT2D eigenvalue weighted by molar-refractivity contribution is 7.12. The molecule has 0 radical (unpaired) electrons. The lowest BCUT2D eigenvalue weighted by molar-refractivity contribution is 0.0951. The Balaban J connectivity index is 1.93. The fourth-order valence-electron chi connectivity index (χ4n) is 2.49. The van der Waals surface area contributed by atoms with Crippen LogP contribution in [0.1, 0.15) is 59.1 Å². The van der Waals surface area contributed by atoms with E-state index in [0.29, 0.717) is 18.0 Å². The van der Waals surface area contributed by atoms with Gasteiger partial charge in [-0.3, -0.25) is 4.79 Å². The first-order chi connectivity index (χ1) is 11.1. The standard InChI is InChI=1S/C17H25N3O2S/c1-3-14(18)9-12(16-6-5-15(4-2)23-16)7-8-19-17(21)13-10-20-22-11-13/h5-6,10-12,14H,3-4,7-9,18H2,1-2H3,(H,19,21). The first-order valence-corrected chi connectivity index (χ1v) is 8.97. The van der Waals surface area contributed by atoms with E-state index in [2.05, 4.69) is 41.0 Å². The second-order valence-electron chi connectivity index (χ2n) is 5.72. The number of nitrogens with two attached hydrogens (primary N) is 1. The molecule has 1 amide bonds. The molecule has 6 heteroatoms. The average molecular weight is 335 g/mol. The SMILES string of the molecule is CCc1ccc(C(CCNC(=O)c2cnoc2)CC(N)CC)s1. The summed E-state index contributed by atoms with van der Waals surface area (Å²) in [5.74, 6) is 0.239. The number of hydrogen-bond donors (Lipinski definition) is 2. The molecule has 0 bridgehead atoms. The Morgan fingerprint density at radius 2 is 2.26 bits per heavy atom. The minimum absolute atomic E-state index is 0.148. The van der Waals surface area contributed by atoms with Gasteiger partial charge >= 0.3 is 0 Å². The third-order valence-electron chi connectivity index (χ3n) is 4.02. The van der Waals surface area contributed by atoms with Crippen molar-refractivity contribution in [3.05, 3.63) is 39.9 Å². The van der Waals surface area contributed by atoms with Crippen molar-refractivity contribution in [2.45, 2.75) is 51.5 Å². The minimum Gasteiger partial charge on any atom is -0.364 e. The maximum absolute atomic E-state index is 11.9. The van der Waals surface area contributed by atoms with Crippen molar-refractivity contribution in [1.29, 1.82) is 0 Å². The van der Waals surface area contributed by atoms with Crippen LogP contribution in [0.5, 0.6) is 0 Å². The Kier molecular flexibility index (Phi) is 6.80. The van der Waals surface area contributed by atoms with E-state index in [9.17, 15) is 4.79 Å². The smallest absolute Gasteiger partial charge is 0.256 e. The Morgan fingerprint density at radius 1 is 1.43 bits per heavy atom. The highest BCUT2D eigenvalue weighted by atomic mass is 32.1. The third-order valence-corrected chi connectivity index (χ3v) is 5.41. The lowest BCUT2D eigenvalue weighted by Crippen LogP contribution is -2.27. The van der Waals surface area contributed by atoms with Gasteiger partial charge in [-0.2, -0.15) is 0 Å².